The van der Waals surface area contributed by atoms with E-state index in [0.717, 1.165) is 23.5 Å². The van der Waals surface area contributed by atoms with E-state index in [2.05, 4.69) is 10.6 Å². The monoisotopic (exact) mass is 786 g/mol. The third-order valence-corrected chi connectivity index (χ3v) is 8.54. The Labute approximate surface area is 326 Å². The van der Waals surface area contributed by atoms with E-state index in [1.54, 1.807) is 24.3 Å². The largest absolute Gasteiger partial charge is 0.491 e. The van der Waals surface area contributed by atoms with Crippen LogP contribution in [0.1, 0.15) is 59.2 Å². The molecule has 0 saturated carbocycles. The molecule has 17 nitrogen and oxygen atoms in total. The lowest BCUT2D eigenvalue weighted by molar-refractivity contribution is -0.136. The molecule has 0 bridgehead atoms. The van der Waals surface area contributed by atoms with Crippen molar-refractivity contribution >= 4 is 40.9 Å². The van der Waals surface area contributed by atoms with E-state index in [4.69, 9.17) is 43.6 Å². The SMILES string of the molecule is Nc1ccc(OCCOCCOCCOCCOCCOCCOCCOCCCCCC(=O)Nc2cccc3c2C(=O)N(C2CCC(=O)NC2=O)C3=O)cc1. The third kappa shape index (κ3) is 15.6. The first-order valence-electron chi connectivity index (χ1n) is 19.0. The molecule has 2 heterocycles. The molecule has 1 fully saturated rings. The van der Waals surface area contributed by atoms with Crippen LogP contribution in [0.15, 0.2) is 42.5 Å². The fraction of sp³-hybridized carbons (Fsp3) is 0.564. The van der Waals surface area contributed by atoms with Gasteiger partial charge in [0.15, 0.2) is 0 Å². The lowest BCUT2D eigenvalue weighted by atomic mass is 10.0. The smallest absolute Gasteiger partial charge is 0.264 e. The van der Waals surface area contributed by atoms with Gasteiger partial charge in [-0.2, -0.15) is 0 Å². The normalized spacial score (nSPS) is 15.3. The molecule has 4 N–H and O–H groups in total. The quantitative estimate of drug-likeness (QED) is 0.0590. The van der Waals surface area contributed by atoms with Crippen LogP contribution in [0.25, 0.3) is 0 Å². The molecular formula is C39H54N4O13. The van der Waals surface area contributed by atoms with Crippen LogP contribution in [0.5, 0.6) is 5.75 Å². The number of amides is 5. The van der Waals surface area contributed by atoms with Crippen molar-refractivity contribution in [1.82, 2.24) is 10.2 Å². The molecule has 0 aliphatic carbocycles. The van der Waals surface area contributed by atoms with Crippen LogP contribution in [-0.4, -0.2) is 140 Å². The number of benzene rings is 2. The number of nitrogens with one attached hydrogen (secondary N) is 2. The average molecular weight is 787 g/mol. The van der Waals surface area contributed by atoms with Gasteiger partial charge in [0, 0.05) is 25.1 Å². The molecule has 1 saturated heterocycles. The molecule has 1 unspecified atom stereocenters. The fourth-order valence-corrected chi connectivity index (χ4v) is 5.70. The minimum absolute atomic E-state index is 0.0284. The third-order valence-electron chi connectivity index (χ3n) is 8.54. The molecule has 2 aromatic rings. The molecule has 0 spiro atoms. The van der Waals surface area contributed by atoms with Crippen molar-refractivity contribution < 1.29 is 61.9 Å². The van der Waals surface area contributed by atoms with Crippen molar-refractivity contribution in [2.75, 3.05) is 110 Å². The maximum atomic E-state index is 13.2. The van der Waals surface area contributed by atoms with Crippen LogP contribution in [0.2, 0.25) is 0 Å². The number of nitrogen functional groups attached to an aromatic ring is 1. The summed E-state index contributed by atoms with van der Waals surface area (Å²) in [4.78, 5) is 63.5. The molecule has 308 valence electrons. The minimum Gasteiger partial charge on any atom is -0.491 e. The van der Waals surface area contributed by atoms with Crippen molar-refractivity contribution in [1.29, 1.82) is 0 Å². The van der Waals surface area contributed by atoms with Gasteiger partial charge in [0.25, 0.3) is 11.8 Å². The zero-order valence-corrected chi connectivity index (χ0v) is 31.8. The van der Waals surface area contributed by atoms with E-state index in [1.807, 2.05) is 12.1 Å². The summed E-state index contributed by atoms with van der Waals surface area (Å²) in [5, 5.41) is 4.90. The molecule has 2 aliphatic heterocycles. The van der Waals surface area contributed by atoms with Crippen LogP contribution in [0, 0.1) is 0 Å². The van der Waals surface area contributed by atoms with Crippen LogP contribution >= 0.6 is 0 Å². The van der Waals surface area contributed by atoms with Gasteiger partial charge in [-0.3, -0.25) is 34.2 Å². The molecule has 2 aliphatic rings. The van der Waals surface area contributed by atoms with Gasteiger partial charge in [-0.05, 0) is 55.7 Å². The van der Waals surface area contributed by atoms with Crippen molar-refractivity contribution in [3.63, 3.8) is 0 Å². The number of hydrogen-bond acceptors (Lipinski definition) is 14. The second-order valence-electron chi connectivity index (χ2n) is 12.7. The number of nitrogens with two attached hydrogens (primary N) is 1. The average Bonchev–Trinajstić information content (AvgIpc) is 3.44. The highest BCUT2D eigenvalue weighted by molar-refractivity contribution is 6.26. The lowest BCUT2D eigenvalue weighted by Crippen LogP contribution is -2.54. The summed E-state index contributed by atoms with van der Waals surface area (Å²) in [7, 11) is 0. The van der Waals surface area contributed by atoms with Gasteiger partial charge in [-0.1, -0.05) is 12.5 Å². The maximum absolute atomic E-state index is 13.2. The predicted molar refractivity (Wildman–Crippen MR) is 202 cm³/mol. The Morgan fingerprint density at radius 1 is 0.661 bits per heavy atom. The van der Waals surface area contributed by atoms with E-state index in [-0.39, 0.29) is 42.0 Å². The zero-order valence-electron chi connectivity index (χ0n) is 31.8. The highest BCUT2D eigenvalue weighted by Crippen LogP contribution is 2.32. The standard InChI is InChI=1S/C39H54N4O13/c40-29-8-10-30(11-9-29)56-28-27-55-26-25-54-24-23-53-22-21-52-20-19-51-18-17-50-16-15-49-14-3-1-2-7-34(44)41-32-6-4-5-31-36(32)39(48)43(38(31)47)33-12-13-35(45)42-37(33)46/h4-6,8-11,33H,1-3,7,12-28,40H2,(H,41,44)(H,42,45,46). The van der Waals surface area contributed by atoms with Gasteiger partial charge in [0.2, 0.25) is 17.7 Å². The Hall–Kier alpha value is -4.49. The number of hydrogen-bond donors (Lipinski definition) is 3. The Bertz CT molecular complexity index is 1540. The second-order valence-corrected chi connectivity index (χ2v) is 12.7. The number of imide groups is 2. The molecule has 0 aromatic heterocycles. The zero-order chi connectivity index (χ0) is 39.8. The summed E-state index contributed by atoms with van der Waals surface area (Å²) in [6.07, 6.45) is 2.45. The van der Waals surface area contributed by atoms with Gasteiger partial charge in [-0.25, -0.2) is 0 Å². The molecule has 4 rings (SSSR count). The number of fused-ring (bicyclic) bond motifs is 1. The van der Waals surface area contributed by atoms with Crippen molar-refractivity contribution in [2.45, 2.75) is 44.6 Å². The van der Waals surface area contributed by atoms with E-state index in [1.165, 1.54) is 6.07 Å². The number of nitrogens with zero attached hydrogens (tertiary/aromatic N) is 1. The van der Waals surface area contributed by atoms with E-state index < -0.39 is 29.7 Å². The summed E-state index contributed by atoms with van der Waals surface area (Å²) < 4.78 is 44.1. The molecule has 5 amide bonds. The molecule has 1 atom stereocenters. The summed E-state index contributed by atoms with van der Waals surface area (Å²) in [6, 6.07) is 10.7. The van der Waals surface area contributed by atoms with Crippen LogP contribution < -0.4 is 21.1 Å². The van der Waals surface area contributed by atoms with E-state index in [9.17, 15) is 24.0 Å². The van der Waals surface area contributed by atoms with Crippen LogP contribution in [0.4, 0.5) is 11.4 Å². The lowest BCUT2D eigenvalue weighted by Gasteiger charge is -2.27. The number of ether oxygens (including phenoxy) is 8. The van der Waals surface area contributed by atoms with Crippen LogP contribution in [0.3, 0.4) is 0 Å². The molecule has 17 heteroatoms. The Morgan fingerprint density at radius 3 is 1.75 bits per heavy atom. The summed E-state index contributed by atoms with van der Waals surface area (Å²) in [6.45, 7) is 7.04. The van der Waals surface area contributed by atoms with Gasteiger partial charge < -0.3 is 48.9 Å². The summed E-state index contributed by atoms with van der Waals surface area (Å²) in [5.74, 6) is -1.96. The van der Waals surface area contributed by atoms with Gasteiger partial charge in [0.1, 0.15) is 18.4 Å². The molecule has 2 aromatic carbocycles. The first-order chi connectivity index (χ1) is 27.3. The predicted octanol–water partition coefficient (Wildman–Crippen LogP) is 2.36. The first kappa shape index (κ1) is 44.2. The van der Waals surface area contributed by atoms with E-state index in [0.29, 0.717) is 111 Å². The van der Waals surface area contributed by atoms with Gasteiger partial charge >= 0.3 is 0 Å². The topological polar surface area (TPSA) is 213 Å². The number of piperidine rings is 1. The number of unbranched alkanes of at least 4 members (excludes halogenated alkanes) is 2. The number of rotatable bonds is 30. The second kappa shape index (κ2) is 25.6. The van der Waals surface area contributed by atoms with Gasteiger partial charge in [0.05, 0.1) is 103 Å². The highest BCUT2D eigenvalue weighted by Gasteiger charge is 2.45. The Kier molecular flexibility index (Phi) is 20.2. The summed E-state index contributed by atoms with van der Waals surface area (Å²) in [5.41, 5.74) is 6.72. The van der Waals surface area contributed by atoms with Crippen molar-refractivity contribution in [3.05, 3.63) is 53.6 Å². The van der Waals surface area contributed by atoms with Crippen molar-refractivity contribution in [3.8, 4) is 5.75 Å². The number of anilines is 2. The first-order valence-corrected chi connectivity index (χ1v) is 19.0. The minimum atomic E-state index is -1.07. The van der Waals surface area contributed by atoms with Gasteiger partial charge in [-0.15, -0.1) is 0 Å². The number of carbonyl (C=O) groups is 5. The molecule has 0 radical (unpaired) electrons. The van der Waals surface area contributed by atoms with Crippen LogP contribution in [-0.2, 0) is 47.5 Å². The summed E-state index contributed by atoms with van der Waals surface area (Å²) >= 11 is 0. The fourth-order valence-electron chi connectivity index (χ4n) is 5.70. The Morgan fingerprint density at radius 2 is 1.20 bits per heavy atom. The Balaban J connectivity index is 0.869. The number of carbonyl (C=O) groups excluding carboxylic acids is 5. The van der Waals surface area contributed by atoms with E-state index >= 15 is 0 Å². The molecular weight excluding hydrogens is 732 g/mol. The van der Waals surface area contributed by atoms with Crippen molar-refractivity contribution in [2.24, 2.45) is 0 Å². The maximum Gasteiger partial charge on any atom is 0.264 e. The highest BCUT2D eigenvalue weighted by atomic mass is 16.6. The molecule has 56 heavy (non-hydrogen) atoms.